The Morgan fingerprint density at radius 1 is 1.14 bits per heavy atom. The summed E-state index contributed by atoms with van der Waals surface area (Å²) in [5.74, 6) is 0.258. The second-order valence-electron chi connectivity index (χ2n) is 4.69. The summed E-state index contributed by atoms with van der Waals surface area (Å²) >= 11 is 0. The molecule has 3 heterocycles. The number of hydrogen-bond acceptors (Lipinski definition) is 5. The maximum Gasteiger partial charge on any atom is 0.273 e. The third-order valence-corrected chi connectivity index (χ3v) is 3.11. The predicted octanol–water partition coefficient (Wildman–Crippen LogP) is 2.10. The van der Waals surface area contributed by atoms with E-state index in [-0.39, 0.29) is 11.6 Å². The molecular weight excluding hydrogens is 280 g/mol. The molecule has 0 aliphatic rings. The molecule has 110 valence electrons. The summed E-state index contributed by atoms with van der Waals surface area (Å²) in [7, 11) is 0. The average Bonchev–Trinajstić information content (AvgIpc) is 3.07. The predicted molar refractivity (Wildman–Crippen MR) is 80.0 cm³/mol. The van der Waals surface area contributed by atoms with E-state index in [2.05, 4.69) is 20.4 Å². The van der Waals surface area contributed by atoms with E-state index < -0.39 is 0 Å². The molecule has 0 aromatic carbocycles. The fourth-order valence-electron chi connectivity index (χ4n) is 1.98. The zero-order valence-corrected chi connectivity index (χ0v) is 11.8. The molecule has 6 heteroatoms. The van der Waals surface area contributed by atoms with E-state index in [1.54, 1.807) is 36.9 Å². The molecule has 0 saturated heterocycles. The van der Waals surface area contributed by atoms with Gasteiger partial charge in [0.15, 0.2) is 11.5 Å². The van der Waals surface area contributed by atoms with E-state index in [4.69, 9.17) is 4.52 Å². The van der Waals surface area contributed by atoms with Gasteiger partial charge in [0.2, 0.25) is 0 Å². The first kappa shape index (κ1) is 13.9. The topological polar surface area (TPSA) is 80.9 Å². The molecule has 0 radical (unpaired) electrons. The Kier molecular flexibility index (Phi) is 4.20. The summed E-state index contributed by atoms with van der Waals surface area (Å²) in [4.78, 5) is 20.1. The number of rotatable bonds is 5. The van der Waals surface area contributed by atoms with Gasteiger partial charge in [-0.25, -0.2) is 0 Å². The molecule has 3 aromatic rings. The van der Waals surface area contributed by atoms with E-state index >= 15 is 0 Å². The molecule has 6 nitrogen and oxygen atoms in total. The zero-order chi connectivity index (χ0) is 15.2. The quantitative estimate of drug-likeness (QED) is 0.779. The van der Waals surface area contributed by atoms with E-state index in [1.165, 1.54) is 0 Å². The Labute approximate surface area is 127 Å². The second kappa shape index (κ2) is 6.62. The Balaban J connectivity index is 1.58. The van der Waals surface area contributed by atoms with Crippen molar-refractivity contribution >= 4 is 5.91 Å². The molecular formula is C16H14N4O2. The molecule has 0 fully saturated rings. The summed E-state index contributed by atoms with van der Waals surface area (Å²) in [6, 6.07) is 9.09. The van der Waals surface area contributed by atoms with E-state index in [0.717, 1.165) is 11.1 Å². The molecule has 3 aromatic heterocycles. The van der Waals surface area contributed by atoms with Crippen molar-refractivity contribution in [3.05, 3.63) is 66.4 Å². The molecule has 1 amide bonds. The van der Waals surface area contributed by atoms with Crippen LogP contribution < -0.4 is 5.32 Å². The minimum Gasteiger partial charge on any atom is -0.355 e. The van der Waals surface area contributed by atoms with Gasteiger partial charge in [-0.15, -0.1) is 0 Å². The Morgan fingerprint density at radius 3 is 2.68 bits per heavy atom. The molecule has 22 heavy (non-hydrogen) atoms. The highest BCUT2D eigenvalue weighted by atomic mass is 16.5. The summed E-state index contributed by atoms with van der Waals surface area (Å²) in [5, 5.41) is 6.60. The highest BCUT2D eigenvalue weighted by Crippen LogP contribution is 2.18. The number of hydrogen-bond donors (Lipinski definition) is 1. The number of nitrogens with one attached hydrogen (secondary N) is 1. The minimum absolute atomic E-state index is 0.255. The van der Waals surface area contributed by atoms with Crippen LogP contribution in [-0.4, -0.2) is 27.6 Å². The van der Waals surface area contributed by atoms with Gasteiger partial charge < -0.3 is 9.84 Å². The summed E-state index contributed by atoms with van der Waals surface area (Å²) in [6.45, 7) is 0.514. The minimum atomic E-state index is -0.261. The van der Waals surface area contributed by atoms with E-state index in [0.29, 0.717) is 18.7 Å². The van der Waals surface area contributed by atoms with Gasteiger partial charge in [-0.05, 0) is 30.2 Å². The molecule has 0 aliphatic carbocycles. The van der Waals surface area contributed by atoms with Crippen molar-refractivity contribution in [2.24, 2.45) is 0 Å². The summed E-state index contributed by atoms with van der Waals surface area (Å²) < 4.78 is 5.18. The third kappa shape index (κ3) is 3.35. The van der Waals surface area contributed by atoms with Gasteiger partial charge in [0, 0.05) is 43.0 Å². The molecule has 3 rings (SSSR count). The first-order chi connectivity index (χ1) is 10.8. The lowest BCUT2D eigenvalue weighted by atomic mass is 10.2. The normalized spacial score (nSPS) is 10.4. The summed E-state index contributed by atoms with van der Waals surface area (Å²) in [6.07, 6.45) is 7.55. The van der Waals surface area contributed by atoms with Crippen LogP contribution in [0.3, 0.4) is 0 Å². The van der Waals surface area contributed by atoms with Gasteiger partial charge in [0.05, 0.1) is 0 Å². The molecule has 0 saturated carbocycles. The molecule has 1 N–H and O–H groups in total. The van der Waals surface area contributed by atoms with Crippen LogP contribution in [0.25, 0.3) is 11.3 Å². The molecule has 0 spiro atoms. The Hall–Kier alpha value is -3.02. The highest BCUT2D eigenvalue weighted by molar-refractivity contribution is 5.93. The molecule has 0 bridgehead atoms. The standard InChI is InChI=1S/C16H14N4O2/c21-16(19-8-5-12-3-1-6-17-10-12)14-9-15(22-20-14)13-4-2-7-18-11-13/h1-4,6-7,9-11H,5,8H2,(H,19,21). The van der Waals surface area contributed by atoms with Crippen LogP contribution in [0, 0.1) is 0 Å². The number of carbonyl (C=O) groups is 1. The fourth-order valence-corrected chi connectivity index (χ4v) is 1.98. The molecule has 0 aliphatic heterocycles. The largest absolute Gasteiger partial charge is 0.355 e. The van der Waals surface area contributed by atoms with Crippen molar-refractivity contribution in [1.82, 2.24) is 20.4 Å². The van der Waals surface area contributed by atoms with Gasteiger partial charge in [-0.2, -0.15) is 0 Å². The van der Waals surface area contributed by atoms with Crippen molar-refractivity contribution in [3.8, 4) is 11.3 Å². The van der Waals surface area contributed by atoms with Gasteiger partial charge in [0.25, 0.3) is 5.91 Å². The number of nitrogens with zero attached hydrogens (tertiary/aromatic N) is 3. The van der Waals surface area contributed by atoms with Gasteiger partial charge in [-0.3, -0.25) is 14.8 Å². The van der Waals surface area contributed by atoms with Crippen LogP contribution in [0.15, 0.2) is 59.6 Å². The van der Waals surface area contributed by atoms with E-state index in [1.807, 2.05) is 18.2 Å². The SMILES string of the molecule is O=C(NCCc1cccnc1)c1cc(-c2cccnc2)on1. The maximum absolute atomic E-state index is 12.0. The Morgan fingerprint density at radius 2 is 1.95 bits per heavy atom. The van der Waals surface area contributed by atoms with Crippen LogP contribution in [0.5, 0.6) is 0 Å². The Bertz CT molecular complexity index is 741. The fraction of sp³-hybridized carbons (Fsp3) is 0.125. The number of pyridine rings is 2. The maximum atomic E-state index is 12.0. The van der Waals surface area contributed by atoms with Crippen molar-refractivity contribution in [2.45, 2.75) is 6.42 Å². The van der Waals surface area contributed by atoms with Crippen LogP contribution in [0.2, 0.25) is 0 Å². The van der Waals surface area contributed by atoms with Gasteiger partial charge in [0.1, 0.15) is 0 Å². The second-order valence-corrected chi connectivity index (χ2v) is 4.69. The number of carbonyl (C=O) groups excluding carboxylic acids is 1. The van der Waals surface area contributed by atoms with Crippen LogP contribution in [0.4, 0.5) is 0 Å². The van der Waals surface area contributed by atoms with Crippen molar-refractivity contribution in [3.63, 3.8) is 0 Å². The summed E-state index contributed by atoms with van der Waals surface area (Å²) in [5.41, 5.74) is 2.11. The van der Waals surface area contributed by atoms with Crippen LogP contribution in [-0.2, 0) is 6.42 Å². The van der Waals surface area contributed by atoms with Gasteiger partial charge in [-0.1, -0.05) is 11.2 Å². The number of amides is 1. The van der Waals surface area contributed by atoms with Crippen molar-refractivity contribution in [1.29, 1.82) is 0 Å². The molecule has 0 unspecified atom stereocenters. The lowest BCUT2D eigenvalue weighted by Gasteiger charge is -2.02. The van der Waals surface area contributed by atoms with Crippen LogP contribution >= 0.6 is 0 Å². The first-order valence-electron chi connectivity index (χ1n) is 6.87. The monoisotopic (exact) mass is 294 g/mol. The molecule has 0 atom stereocenters. The van der Waals surface area contributed by atoms with Crippen LogP contribution in [0.1, 0.15) is 16.1 Å². The average molecular weight is 294 g/mol. The van der Waals surface area contributed by atoms with E-state index in [9.17, 15) is 4.79 Å². The lowest BCUT2D eigenvalue weighted by Crippen LogP contribution is -2.25. The first-order valence-corrected chi connectivity index (χ1v) is 6.87. The van der Waals surface area contributed by atoms with Gasteiger partial charge >= 0.3 is 0 Å². The smallest absolute Gasteiger partial charge is 0.273 e. The number of aromatic nitrogens is 3. The zero-order valence-electron chi connectivity index (χ0n) is 11.8. The van der Waals surface area contributed by atoms with Crippen molar-refractivity contribution in [2.75, 3.05) is 6.54 Å². The lowest BCUT2D eigenvalue weighted by molar-refractivity contribution is 0.0945. The van der Waals surface area contributed by atoms with Crippen molar-refractivity contribution < 1.29 is 9.32 Å². The third-order valence-electron chi connectivity index (χ3n) is 3.11. The highest BCUT2D eigenvalue weighted by Gasteiger charge is 2.13.